The van der Waals surface area contributed by atoms with Crippen LogP contribution in [0.25, 0.3) is 0 Å². The number of hydrogen-bond donors (Lipinski definition) is 1. The van der Waals surface area contributed by atoms with Gasteiger partial charge in [-0.3, -0.25) is 0 Å². The summed E-state index contributed by atoms with van der Waals surface area (Å²) in [5.41, 5.74) is 0.544. The molecule has 0 saturated carbocycles. The van der Waals surface area contributed by atoms with Gasteiger partial charge in [0.15, 0.2) is 0 Å². The van der Waals surface area contributed by atoms with E-state index in [2.05, 4.69) is 5.32 Å². The third-order valence-electron chi connectivity index (χ3n) is 2.04. The van der Waals surface area contributed by atoms with Crippen LogP contribution in [0.4, 0.5) is 13.2 Å². The molecule has 1 nitrogen and oxygen atoms in total. The Morgan fingerprint density at radius 3 is 2.53 bits per heavy atom. The van der Waals surface area contributed by atoms with Crippen LogP contribution in [0.3, 0.4) is 0 Å². The number of nitrogens with one attached hydrogen (secondary N) is 1. The Hall–Kier alpha value is -0.740. The standard InChI is InChI=1S/C10H11ClF3N/c1-15-9(6-10(12,13)14)7-3-2-4-8(11)5-7/h2-5,9,15H,6H2,1H3. The summed E-state index contributed by atoms with van der Waals surface area (Å²) in [6.45, 7) is 0. The molecular weight excluding hydrogens is 227 g/mol. The molecule has 0 aromatic heterocycles. The van der Waals surface area contributed by atoms with Crippen LogP contribution in [0.15, 0.2) is 24.3 Å². The highest BCUT2D eigenvalue weighted by Gasteiger charge is 2.31. The van der Waals surface area contributed by atoms with Crippen LogP contribution >= 0.6 is 11.6 Å². The van der Waals surface area contributed by atoms with Crippen LogP contribution in [-0.4, -0.2) is 13.2 Å². The topological polar surface area (TPSA) is 12.0 Å². The zero-order valence-electron chi connectivity index (χ0n) is 8.11. The van der Waals surface area contributed by atoms with Crippen molar-refractivity contribution in [2.24, 2.45) is 0 Å². The Labute approximate surface area is 91.2 Å². The van der Waals surface area contributed by atoms with Crippen molar-refractivity contribution >= 4 is 11.6 Å². The molecular formula is C10H11ClF3N. The molecule has 1 rings (SSSR count). The van der Waals surface area contributed by atoms with Crippen LogP contribution in [0.5, 0.6) is 0 Å². The molecule has 1 unspecified atom stereocenters. The normalized spacial score (nSPS) is 13.9. The predicted molar refractivity (Wildman–Crippen MR) is 53.9 cm³/mol. The molecule has 0 amide bonds. The number of hydrogen-bond acceptors (Lipinski definition) is 1. The molecule has 0 aliphatic rings. The van der Waals surface area contributed by atoms with E-state index in [1.54, 1.807) is 18.2 Å². The minimum absolute atomic E-state index is 0.440. The highest BCUT2D eigenvalue weighted by molar-refractivity contribution is 6.30. The SMILES string of the molecule is CNC(CC(F)(F)F)c1cccc(Cl)c1. The Morgan fingerprint density at radius 1 is 1.40 bits per heavy atom. The first-order valence-electron chi connectivity index (χ1n) is 4.42. The van der Waals surface area contributed by atoms with Crippen molar-refractivity contribution in [3.63, 3.8) is 0 Å². The molecule has 0 fully saturated rings. The van der Waals surface area contributed by atoms with Gasteiger partial charge in [0.05, 0.1) is 6.42 Å². The third kappa shape index (κ3) is 4.10. The maximum absolute atomic E-state index is 12.2. The minimum atomic E-state index is -4.18. The van der Waals surface area contributed by atoms with Gasteiger partial charge < -0.3 is 5.32 Å². The molecule has 0 heterocycles. The summed E-state index contributed by atoms with van der Waals surface area (Å²) in [6, 6.07) is 5.68. The Morgan fingerprint density at radius 2 is 2.07 bits per heavy atom. The molecule has 5 heteroatoms. The van der Waals surface area contributed by atoms with Gasteiger partial charge in [-0.05, 0) is 24.7 Å². The third-order valence-corrected chi connectivity index (χ3v) is 2.27. The van der Waals surface area contributed by atoms with Crippen molar-refractivity contribution in [2.75, 3.05) is 7.05 Å². The highest BCUT2D eigenvalue weighted by Crippen LogP contribution is 2.30. The molecule has 0 saturated heterocycles. The lowest BCUT2D eigenvalue weighted by Gasteiger charge is -2.18. The minimum Gasteiger partial charge on any atom is -0.313 e. The van der Waals surface area contributed by atoms with Gasteiger partial charge in [0, 0.05) is 11.1 Å². The van der Waals surface area contributed by atoms with Gasteiger partial charge in [-0.1, -0.05) is 23.7 Å². The average Bonchev–Trinajstić information content (AvgIpc) is 2.13. The van der Waals surface area contributed by atoms with Crippen LogP contribution in [0.2, 0.25) is 5.02 Å². The Balaban J connectivity index is 2.83. The van der Waals surface area contributed by atoms with Crippen LogP contribution < -0.4 is 5.32 Å². The highest BCUT2D eigenvalue weighted by atomic mass is 35.5. The second kappa shape index (κ2) is 4.86. The average molecular weight is 238 g/mol. The largest absolute Gasteiger partial charge is 0.390 e. The van der Waals surface area contributed by atoms with Gasteiger partial charge in [0.25, 0.3) is 0 Å². The smallest absolute Gasteiger partial charge is 0.313 e. The summed E-state index contributed by atoms with van der Waals surface area (Å²) in [7, 11) is 1.50. The molecule has 0 bridgehead atoms. The van der Waals surface area contributed by atoms with Gasteiger partial charge in [0.1, 0.15) is 0 Å². The molecule has 15 heavy (non-hydrogen) atoms. The fourth-order valence-electron chi connectivity index (χ4n) is 1.34. The molecule has 1 atom stereocenters. The van der Waals surface area contributed by atoms with Crippen LogP contribution in [0.1, 0.15) is 18.0 Å². The first-order valence-corrected chi connectivity index (χ1v) is 4.79. The van der Waals surface area contributed by atoms with E-state index in [1.807, 2.05) is 0 Å². The van der Waals surface area contributed by atoms with E-state index in [4.69, 9.17) is 11.6 Å². The van der Waals surface area contributed by atoms with E-state index in [0.29, 0.717) is 10.6 Å². The Bertz CT molecular complexity index is 325. The van der Waals surface area contributed by atoms with Crippen molar-refractivity contribution in [3.05, 3.63) is 34.9 Å². The summed E-state index contributed by atoms with van der Waals surface area (Å²) >= 11 is 5.71. The van der Waals surface area contributed by atoms with Crippen LogP contribution in [0, 0.1) is 0 Å². The summed E-state index contributed by atoms with van der Waals surface area (Å²) in [4.78, 5) is 0. The van der Waals surface area contributed by atoms with E-state index < -0.39 is 18.6 Å². The number of rotatable bonds is 3. The van der Waals surface area contributed by atoms with E-state index in [0.717, 1.165) is 0 Å². The second-order valence-electron chi connectivity index (χ2n) is 3.22. The summed E-state index contributed by atoms with van der Waals surface area (Å²) in [5.74, 6) is 0. The summed E-state index contributed by atoms with van der Waals surface area (Å²) in [5, 5.41) is 3.06. The second-order valence-corrected chi connectivity index (χ2v) is 3.65. The molecule has 0 aliphatic carbocycles. The molecule has 1 aromatic carbocycles. The van der Waals surface area contributed by atoms with Crippen LogP contribution in [-0.2, 0) is 0 Å². The maximum Gasteiger partial charge on any atom is 0.390 e. The fraction of sp³-hybridized carbons (Fsp3) is 0.400. The van der Waals surface area contributed by atoms with E-state index >= 15 is 0 Å². The first-order chi connectivity index (χ1) is 6.92. The van der Waals surface area contributed by atoms with Gasteiger partial charge in [0.2, 0.25) is 0 Å². The zero-order chi connectivity index (χ0) is 11.5. The van der Waals surface area contributed by atoms with E-state index in [-0.39, 0.29) is 0 Å². The van der Waals surface area contributed by atoms with Gasteiger partial charge in [-0.2, -0.15) is 13.2 Å². The lowest BCUT2D eigenvalue weighted by molar-refractivity contribution is -0.140. The maximum atomic E-state index is 12.2. The fourth-order valence-corrected chi connectivity index (χ4v) is 1.54. The quantitative estimate of drug-likeness (QED) is 0.848. The molecule has 0 radical (unpaired) electrons. The van der Waals surface area contributed by atoms with Crippen molar-refractivity contribution in [3.8, 4) is 0 Å². The predicted octanol–water partition coefficient (Wildman–Crippen LogP) is 3.55. The van der Waals surface area contributed by atoms with Gasteiger partial charge >= 0.3 is 6.18 Å². The molecule has 0 aliphatic heterocycles. The first kappa shape index (κ1) is 12.3. The van der Waals surface area contributed by atoms with Gasteiger partial charge in [-0.15, -0.1) is 0 Å². The molecule has 84 valence electrons. The van der Waals surface area contributed by atoms with Crippen molar-refractivity contribution in [1.82, 2.24) is 5.32 Å². The van der Waals surface area contributed by atoms with E-state index in [1.165, 1.54) is 13.1 Å². The van der Waals surface area contributed by atoms with Crippen molar-refractivity contribution < 1.29 is 13.2 Å². The molecule has 1 N–H and O–H groups in total. The number of alkyl halides is 3. The van der Waals surface area contributed by atoms with E-state index in [9.17, 15) is 13.2 Å². The van der Waals surface area contributed by atoms with Gasteiger partial charge in [-0.25, -0.2) is 0 Å². The summed E-state index contributed by atoms with van der Waals surface area (Å²) < 4.78 is 36.6. The number of halogens is 4. The zero-order valence-corrected chi connectivity index (χ0v) is 8.86. The molecule has 0 spiro atoms. The number of benzene rings is 1. The van der Waals surface area contributed by atoms with Crippen molar-refractivity contribution in [2.45, 2.75) is 18.6 Å². The monoisotopic (exact) mass is 237 g/mol. The molecule has 1 aromatic rings. The Kier molecular flexibility index (Phi) is 3.99. The lowest BCUT2D eigenvalue weighted by atomic mass is 10.0. The lowest BCUT2D eigenvalue weighted by Crippen LogP contribution is -2.23. The van der Waals surface area contributed by atoms with Crippen molar-refractivity contribution in [1.29, 1.82) is 0 Å². The summed E-state index contributed by atoms with van der Waals surface area (Å²) in [6.07, 6.45) is -5.08.